The molecular weight excluding hydrogens is 274 g/mol. The highest BCUT2D eigenvalue weighted by Crippen LogP contribution is 2.11. The minimum absolute atomic E-state index is 0.110. The first-order valence-electron chi connectivity index (χ1n) is 6.48. The van der Waals surface area contributed by atoms with Crippen LogP contribution < -0.4 is 0 Å². The van der Waals surface area contributed by atoms with Gasteiger partial charge in [0.05, 0.1) is 5.75 Å². The molecule has 0 bridgehead atoms. The molecule has 0 aromatic heterocycles. The maximum absolute atomic E-state index is 12.0. The van der Waals surface area contributed by atoms with Gasteiger partial charge in [0, 0.05) is 19.2 Å². The summed E-state index contributed by atoms with van der Waals surface area (Å²) in [5.41, 5.74) is 1.71. The van der Waals surface area contributed by atoms with Crippen molar-refractivity contribution < 1.29 is 13.5 Å². The molecule has 110 valence electrons. The molecule has 0 spiro atoms. The Morgan fingerprint density at radius 3 is 2.35 bits per heavy atom. The predicted octanol–water partition coefficient (Wildman–Crippen LogP) is 1.45. The normalized spacial score (nSPS) is 11.5. The van der Waals surface area contributed by atoms with Crippen molar-refractivity contribution in [2.24, 2.45) is 5.92 Å². The minimum atomic E-state index is -3.21. The third-order valence-electron chi connectivity index (χ3n) is 2.69. The molecular formula is C15H21NO3S. The van der Waals surface area contributed by atoms with Crippen molar-refractivity contribution >= 4 is 10.0 Å². The Hall–Kier alpha value is -1.35. The molecule has 0 saturated heterocycles. The Labute approximate surface area is 121 Å². The average Bonchev–Trinajstić information content (AvgIpc) is 2.36. The number of sulfonamides is 1. The van der Waals surface area contributed by atoms with Gasteiger partial charge in [-0.2, -0.15) is 0 Å². The number of benzene rings is 1. The number of aliphatic hydroxyl groups excluding tert-OH is 1. The molecule has 4 nitrogen and oxygen atoms in total. The van der Waals surface area contributed by atoms with Crippen LogP contribution in [0.5, 0.6) is 0 Å². The van der Waals surface area contributed by atoms with Crippen LogP contribution in [-0.2, 0) is 16.6 Å². The van der Waals surface area contributed by atoms with Crippen LogP contribution in [0.2, 0.25) is 0 Å². The van der Waals surface area contributed by atoms with E-state index in [1.807, 2.05) is 38.1 Å². The molecule has 0 radical (unpaired) electrons. The van der Waals surface area contributed by atoms with Crippen LogP contribution in [0.15, 0.2) is 24.3 Å². The van der Waals surface area contributed by atoms with Gasteiger partial charge in [0.25, 0.3) is 0 Å². The van der Waals surface area contributed by atoms with Crippen molar-refractivity contribution in [1.82, 2.24) is 4.31 Å². The van der Waals surface area contributed by atoms with E-state index in [1.165, 1.54) is 4.31 Å². The number of hydrogen-bond donors (Lipinski definition) is 1. The molecule has 0 amide bonds. The minimum Gasteiger partial charge on any atom is -0.384 e. The van der Waals surface area contributed by atoms with Crippen LogP contribution in [0.4, 0.5) is 0 Å². The molecule has 0 atom stereocenters. The zero-order valence-corrected chi connectivity index (χ0v) is 12.9. The topological polar surface area (TPSA) is 57.6 Å². The highest BCUT2D eigenvalue weighted by atomic mass is 32.2. The van der Waals surface area contributed by atoms with Crippen LogP contribution in [0.1, 0.15) is 25.0 Å². The highest BCUT2D eigenvalue weighted by Gasteiger charge is 2.19. The highest BCUT2D eigenvalue weighted by molar-refractivity contribution is 7.89. The van der Waals surface area contributed by atoms with E-state index in [0.717, 1.165) is 11.1 Å². The van der Waals surface area contributed by atoms with Gasteiger partial charge < -0.3 is 5.11 Å². The van der Waals surface area contributed by atoms with Gasteiger partial charge in [-0.25, -0.2) is 12.7 Å². The van der Waals surface area contributed by atoms with Crippen molar-refractivity contribution in [3.05, 3.63) is 35.4 Å². The van der Waals surface area contributed by atoms with Crippen molar-refractivity contribution in [2.45, 2.75) is 20.4 Å². The standard InChI is InChI=1S/C15H21NO3S/c1-13(2)12-20(18,19)16(3)11-15-8-6-14(7-9-15)5-4-10-17/h6-9,13,17H,10-12H2,1-3H3. The maximum atomic E-state index is 12.0. The molecule has 0 aliphatic rings. The molecule has 1 rings (SSSR count). The quantitative estimate of drug-likeness (QED) is 0.837. The summed E-state index contributed by atoms with van der Waals surface area (Å²) < 4.78 is 25.4. The van der Waals surface area contributed by atoms with E-state index in [9.17, 15) is 8.42 Å². The van der Waals surface area contributed by atoms with Crippen LogP contribution in [0, 0.1) is 17.8 Å². The van der Waals surface area contributed by atoms with Crippen molar-refractivity contribution in [3.63, 3.8) is 0 Å². The second-order valence-corrected chi connectivity index (χ2v) is 7.21. The summed E-state index contributed by atoms with van der Waals surface area (Å²) in [5.74, 6) is 5.64. The molecule has 0 fully saturated rings. The Bertz CT molecular complexity index is 580. The first-order valence-corrected chi connectivity index (χ1v) is 8.08. The van der Waals surface area contributed by atoms with Gasteiger partial charge in [0.15, 0.2) is 0 Å². The number of rotatable bonds is 5. The summed E-state index contributed by atoms with van der Waals surface area (Å²) in [5, 5.41) is 8.62. The Morgan fingerprint density at radius 2 is 1.85 bits per heavy atom. The first-order chi connectivity index (χ1) is 9.35. The van der Waals surface area contributed by atoms with Crippen molar-refractivity contribution in [3.8, 4) is 11.8 Å². The predicted molar refractivity (Wildman–Crippen MR) is 80.5 cm³/mol. The molecule has 1 aromatic rings. The van der Waals surface area contributed by atoms with Gasteiger partial charge in [-0.15, -0.1) is 0 Å². The Kier molecular flexibility index (Phi) is 6.21. The molecule has 0 aliphatic carbocycles. The molecule has 0 saturated carbocycles. The summed E-state index contributed by atoms with van der Waals surface area (Å²) in [7, 11) is -1.62. The van der Waals surface area contributed by atoms with E-state index in [2.05, 4.69) is 11.8 Å². The van der Waals surface area contributed by atoms with Crippen LogP contribution in [0.3, 0.4) is 0 Å². The van der Waals surface area contributed by atoms with Gasteiger partial charge in [0.1, 0.15) is 6.61 Å². The van der Waals surface area contributed by atoms with E-state index in [4.69, 9.17) is 5.11 Å². The van der Waals surface area contributed by atoms with Gasteiger partial charge >= 0.3 is 0 Å². The van der Waals surface area contributed by atoms with E-state index in [-0.39, 0.29) is 18.3 Å². The van der Waals surface area contributed by atoms with E-state index >= 15 is 0 Å². The maximum Gasteiger partial charge on any atom is 0.214 e. The van der Waals surface area contributed by atoms with Gasteiger partial charge in [0.2, 0.25) is 10.0 Å². The molecule has 5 heteroatoms. The summed E-state index contributed by atoms with van der Waals surface area (Å²) >= 11 is 0. The van der Waals surface area contributed by atoms with Crippen LogP contribution >= 0.6 is 0 Å². The lowest BCUT2D eigenvalue weighted by Crippen LogP contribution is -2.30. The first kappa shape index (κ1) is 16.7. The molecule has 1 aromatic carbocycles. The molecule has 20 heavy (non-hydrogen) atoms. The van der Waals surface area contributed by atoms with Gasteiger partial charge in [-0.05, 0) is 23.6 Å². The zero-order valence-electron chi connectivity index (χ0n) is 12.1. The lowest BCUT2D eigenvalue weighted by atomic mass is 10.1. The molecule has 0 unspecified atom stereocenters. The third-order valence-corrected chi connectivity index (χ3v) is 4.86. The smallest absolute Gasteiger partial charge is 0.214 e. The second kappa shape index (κ2) is 7.44. The van der Waals surface area contributed by atoms with E-state index in [1.54, 1.807) is 7.05 Å². The molecule has 0 heterocycles. The summed E-state index contributed by atoms with van der Waals surface area (Å²) in [6.07, 6.45) is 0. The number of hydrogen-bond acceptors (Lipinski definition) is 3. The summed E-state index contributed by atoms with van der Waals surface area (Å²) in [4.78, 5) is 0. The second-order valence-electron chi connectivity index (χ2n) is 5.09. The Morgan fingerprint density at radius 1 is 1.25 bits per heavy atom. The largest absolute Gasteiger partial charge is 0.384 e. The van der Waals surface area contributed by atoms with Crippen molar-refractivity contribution in [1.29, 1.82) is 0 Å². The van der Waals surface area contributed by atoms with Crippen LogP contribution in [-0.4, -0.2) is 37.2 Å². The lowest BCUT2D eigenvalue weighted by molar-refractivity contribution is 0.350. The lowest BCUT2D eigenvalue weighted by Gasteiger charge is -2.18. The SMILES string of the molecule is CC(C)CS(=O)(=O)N(C)Cc1ccc(C#CCO)cc1. The monoisotopic (exact) mass is 295 g/mol. The van der Waals surface area contributed by atoms with E-state index < -0.39 is 10.0 Å². The Balaban J connectivity index is 2.74. The van der Waals surface area contributed by atoms with Crippen LogP contribution in [0.25, 0.3) is 0 Å². The van der Waals surface area contributed by atoms with E-state index in [0.29, 0.717) is 6.54 Å². The fraction of sp³-hybridized carbons (Fsp3) is 0.467. The number of nitrogens with zero attached hydrogens (tertiary/aromatic N) is 1. The van der Waals surface area contributed by atoms with Crippen molar-refractivity contribution in [2.75, 3.05) is 19.4 Å². The number of aliphatic hydroxyl groups is 1. The zero-order chi connectivity index (χ0) is 15.2. The fourth-order valence-electron chi connectivity index (χ4n) is 1.74. The molecule has 0 aliphatic heterocycles. The average molecular weight is 295 g/mol. The summed E-state index contributed by atoms with van der Waals surface area (Å²) in [6.45, 7) is 3.96. The van der Waals surface area contributed by atoms with Gasteiger partial charge in [-0.3, -0.25) is 0 Å². The fourth-order valence-corrected chi connectivity index (χ4v) is 3.18. The third kappa shape index (κ3) is 5.33. The molecule has 1 N–H and O–H groups in total. The summed E-state index contributed by atoms with van der Waals surface area (Å²) in [6, 6.07) is 7.34. The van der Waals surface area contributed by atoms with Gasteiger partial charge in [-0.1, -0.05) is 37.8 Å².